The summed E-state index contributed by atoms with van der Waals surface area (Å²) in [6.07, 6.45) is 0.791. The summed E-state index contributed by atoms with van der Waals surface area (Å²) in [5.41, 5.74) is 1.11. The number of sulfonamides is 1. The van der Waals surface area contributed by atoms with Gasteiger partial charge < -0.3 is 15.4 Å². The van der Waals surface area contributed by atoms with Crippen LogP contribution in [0.2, 0.25) is 0 Å². The van der Waals surface area contributed by atoms with Gasteiger partial charge in [-0.05, 0) is 30.2 Å². The van der Waals surface area contributed by atoms with Gasteiger partial charge in [0.2, 0.25) is 10.0 Å². The molecule has 0 spiro atoms. The van der Waals surface area contributed by atoms with Crippen LogP contribution in [0.15, 0.2) is 45.6 Å². The molecule has 0 saturated carbocycles. The van der Waals surface area contributed by atoms with Crippen molar-refractivity contribution in [2.75, 3.05) is 20.7 Å². The fraction of sp³-hybridized carbons (Fsp3) is 0.312. The van der Waals surface area contributed by atoms with Gasteiger partial charge in [0.05, 0.1) is 13.7 Å². The highest BCUT2D eigenvalue weighted by atomic mass is 127. The minimum atomic E-state index is -3.64. The first kappa shape index (κ1) is 22.7. The van der Waals surface area contributed by atoms with Gasteiger partial charge in [-0.3, -0.25) is 4.99 Å². The number of primary sulfonamides is 1. The maximum absolute atomic E-state index is 11.3. The molecule has 1 aromatic carbocycles. The number of benzene rings is 1. The molecule has 0 atom stereocenters. The van der Waals surface area contributed by atoms with E-state index in [-0.39, 0.29) is 28.2 Å². The van der Waals surface area contributed by atoms with Crippen LogP contribution in [0.4, 0.5) is 0 Å². The lowest BCUT2D eigenvalue weighted by Gasteiger charge is -2.12. The number of hydrogen-bond acceptors (Lipinski definition) is 5. The average Bonchev–Trinajstić information content (AvgIpc) is 3.07. The monoisotopic (exact) mass is 510 g/mol. The molecule has 1 heterocycles. The van der Waals surface area contributed by atoms with E-state index in [1.165, 1.54) is 6.07 Å². The van der Waals surface area contributed by atoms with E-state index in [1.807, 2.05) is 24.3 Å². The van der Waals surface area contributed by atoms with Crippen LogP contribution < -0.4 is 20.5 Å². The van der Waals surface area contributed by atoms with Gasteiger partial charge in [-0.25, -0.2) is 13.6 Å². The first-order valence-corrected chi connectivity index (χ1v) is 9.98. The topological polar surface area (TPSA) is 106 Å². The van der Waals surface area contributed by atoms with E-state index in [1.54, 1.807) is 20.2 Å². The zero-order valence-corrected chi connectivity index (χ0v) is 18.5. The lowest BCUT2D eigenvalue weighted by atomic mass is 10.1. The molecule has 7 nitrogen and oxygen atoms in total. The Morgan fingerprint density at radius 1 is 1.23 bits per heavy atom. The molecule has 2 rings (SSSR count). The van der Waals surface area contributed by atoms with Gasteiger partial charge in [-0.1, -0.05) is 18.2 Å². The van der Waals surface area contributed by atoms with Crippen molar-refractivity contribution in [3.8, 4) is 5.75 Å². The third kappa shape index (κ3) is 6.74. The average molecular weight is 510 g/mol. The van der Waals surface area contributed by atoms with E-state index in [2.05, 4.69) is 15.6 Å². The van der Waals surface area contributed by atoms with E-state index in [9.17, 15) is 8.42 Å². The summed E-state index contributed by atoms with van der Waals surface area (Å²) in [4.78, 5) is 5.02. The third-order valence-electron chi connectivity index (χ3n) is 3.45. The summed E-state index contributed by atoms with van der Waals surface area (Å²) in [5.74, 6) is 1.50. The Hall–Kier alpha value is -1.37. The lowest BCUT2D eigenvalue weighted by molar-refractivity contribution is 0.409. The number of nitrogens with two attached hydrogens (primary N) is 1. The molecule has 0 radical (unpaired) electrons. The molecular weight excluding hydrogens is 487 g/mol. The number of para-hydroxylation sites is 1. The minimum Gasteiger partial charge on any atom is -0.496 e. The summed E-state index contributed by atoms with van der Waals surface area (Å²) >= 11 is 1.14. The first-order chi connectivity index (χ1) is 11.9. The lowest BCUT2D eigenvalue weighted by Crippen LogP contribution is -2.37. The van der Waals surface area contributed by atoms with Crippen molar-refractivity contribution in [3.63, 3.8) is 0 Å². The van der Waals surface area contributed by atoms with Gasteiger partial charge in [0, 0.05) is 18.5 Å². The van der Waals surface area contributed by atoms with Crippen molar-refractivity contribution in [1.82, 2.24) is 10.6 Å². The van der Waals surface area contributed by atoms with Gasteiger partial charge in [-0.2, -0.15) is 0 Å². The maximum atomic E-state index is 11.3. The van der Waals surface area contributed by atoms with Crippen molar-refractivity contribution in [2.24, 2.45) is 10.1 Å². The van der Waals surface area contributed by atoms with Crippen molar-refractivity contribution < 1.29 is 13.2 Å². The molecule has 0 amide bonds. The Morgan fingerprint density at radius 2 is 1.96 bits per heavy atom. The summed E-state index contributed by atoms with van der Waals surface area (Å²) in [5, 5.41) is 11.5. The van der Waals surface area contributed by atoms with E-state index in [0.29, 0.717) is 19.0 Å². The van der Waals surface area contributed by atoms with Crippen LogP contribution in [0.25, 0.3) is 0 Å². The quantitative estimate of drug-likeness (QED) is 0.300. The van der Waals surface area contributed by atoms with Gasteiger partial charge >= 0.3 is 0 Å². The SMILES string of the molecule is CN=C(NCCc1ccccc1OC)NCc1ccc(S(N)(=O)=O)s1.I. The number of ether oxygens (including phenoxy) is 1. The van der Waals surface area contributed by atoms with Crippen molar-refractivity contribution in [1.29, 1.82) is 0 Å². The zero-order valence-electron chi connectivity index (χ0n) is 14.6. The summed E-state index contributed by atoms with van der Waals surface area (Å²) < 4.78 is 28.1. The van der Waals surface area contributed by atoms with E-state index in [0.717, 1.165) is 33.9 Å². The third-order valence-corrected chi connectivity index (χ3v) is 5.97. The second-order valence-electron chi connectivity index (χ2n) is 5.18. The molecule has 26 heavy (non-hydrogen) atoms. The minimum absolute atomic E-state index is 0. The predicted molar refractivity (Wildman–Crippen MR) is 116 cm³/mol. The number of hydrogen-bond donors (Lipinski definition) is 3. The predicted octanol–water partition coefficient (Wildman–Crippen LogP) is 1.93. The maximum Gasteiger partial charge on any atom is 0.247 e. The first-order valence-electron chi connectivity index (χ1n) is 7.62. The smallest absolute Gasteiger partial charge is 0.247 e. The summed E-state index contributed by atoms with van der Waals surface area (Å²) in [6, 6.07) is 11.1. The number of nitrogens with zero attached hydrogens (tertiary/aromatic N) is 1. The largest absolute Gasteiger partial charge is 0.496 e. The molecule has 4 N–H and O–H groups in total. The van der Waals surface area contributed by atoms with E-state index >= 15 is 0 Å². The number of methoxy groups -OCH3 is 1. The van der Waals surface area contributed by atoms with Crippen LogP contribution in [0.3, 0.4) is 0 Å². The molecule has 0 aliphatic carbocycles. The van der Waals surface area contributed by atoms with Crippen molar-refractivity contribution >= 4 is 51.3 Å². The number of aliphatic imine (C=N–C) groups is 1. The molecule has 144 valence electrons. The van der Waals surface area contributed by atoms with Gasteiger partial charge in [-0.15, -0.1) is 35.3 Å². The number of nitrogens with one attached hydrogen (secondary N) is 2. The van der Waals surface area contributed by atoms with E-state index in [4.69, 9.17) is 9.88 Å². The van der Waals surface area contributed by atoms with Gasteiger partial charge in [0.25, 0.3) is 0 Å². The Balaban J connectivity index is 0.00000338. The molecule has 2 aromatic rings. The zero-order chi connectivity index (χ0) is 18.3. The molecule has 0 unspecified atom stereocenters. The summed E-state index contributed by atoms with van der Waals surface area (Å²) in [6.45, 7) is 1.15. The van der Waals surface area contributed by atoms with Crippen molar-refractivity contribution in [3.05, 3.63) is 46.8 Å². The Morgan fingerprint density at radius 3 is 2.58 bits per heavy atom. The molecule has 0 bridgehead atoms. The van der Waals surface area contributed by atoms with Crippen LogP contribution in [-0.4, -0.2) is 35.1 Å². The standard InChI is InChI=1S/C16H22N4O3S2.HI/c1-18-16(19-10-9-12-5-3-4-6-14(12)23-2)20-11-13-7-8-15(24-13)25(17,21)22;/h3-8H,9-11H2,1-2H3,(H2,17,21,22)(H2,18,19,20);1H. The highest BCUT2D eigenvalue weighted by Crippen LogP contribution is 2.20. The fourth-order valence-electron chi connectivity index (χ4n) is 2.22. The van der Waals surface area contributed by atoms with E-state index < -0.39 is 10.0 Å². The van der Waals surface area contributed by atoms with Crippen molar-refractivity contribution in [2.45, 2.75) is 17.2 Å². The summed E-state index contributed by atoms with van der Waals surface area (Å²) in [7, 11) is -0.305. The normalized spacial score (nSPS) is 11.6. The fourth-order valence-corrected chi connectivity index (χ4v) is 3.94. The number of rotatable bonds is 7. The van der Waals surface area contributed by atoms with Gasteiger partial charge in [0.15, 0.2) is 5.96 Å². The Labute approximate surface area is 175 Å². The highest BCUT2D eigenvalue weighted by molar-refractivity contribution is 14.0. The Bertz CT molecular complexity index is 838. The molecule has 0 fully saturated rings. The van der Waals surface area contributed by atoms with Crippen LogP contribution in [0, 0.1) is 0 Å². The number of guanidine groups is 1. The van der Waals surface area contributed by atoms with Crippen LogP contribution in [-0.2, 0) is 23.0 Å². The highest BCUT2D eigenvalue weighted by Gasteiger charge is 2.11. The number of thiophene rings is 1. The van der Waals surface area contributed by atoms with Crippen LogP contribution in [0.5, 0.6) is 5.75 Å². The molecule has 0 aliphatic rings. The van der Waals surface area contributed by atoms with Crippen LogP contribution in [0.1, 0.15) is 10.4 Å². The Kier molecular flexibility index (Phi) is 9.33. The molecule has 1 aromatic heterocycles. The second kappa shape index (κ2) is 10.7. The second-order valence-corrected chi connectivity index (χ2v) is 8.14. The van der Waals surface area contributed by atoms with Gasteiger partial charge in [0.1, 0.15) is 9.96 Å². The van der Waals surface area contributed by atoms with Crippen LogP contribution >= 0.6 is 35.3 Å². The molecular formula is C16H23IN4O3S2. The number of halogens is 1. The molecule has 0 aliphatic heterocycles. The molecule has 0 saturated heterocycles. The molecule has 10 heteroatoms.